The highest BCUT2D eigenvalue weighted by Gasteiger charge is 2.04. The molecule has 0 saturated heterocycles. The van der Waals surface area contributed by atoms with Crippen molar-refractivity contribution in [2.24, 2.45) is 4.99 Å². The van der Waals surface area contributed by atoms with E-state index in [0.717, 1.165) is 44.4 Å². The number of nitrogens with zero attached hydrogens (tertiary/aromatic N) is 1. The number of nitrogens with one attached hydrogen (secondary N) is 2. The van der Waals surface area contributed by atoms with Gasteiger partial charge in [-0.3, -0.25) is 4.99 Å². The molecule has 132 valence electrons. The molecule has 1 rings (SSSR count). The molecule has 0 aliphatic heterocycles. The van der Waals surface area contributed by atoms with Crippen molar-refractivity contribution in [2.45, 2.75) is 26.4 Å². The van der Waals surface area contributed by atoms with Crippen LogP contribution in [0.1, 0.15) is 31.9 Å². The van der Waals surface area contributed by atoms with Gasteiger partial charge < -0.3 is 15.4 Å². The number of hydrogen-bond acceptors (Lipinski definition) is 3. The van der Waals surface area contributed by atoms with E-state index in [4.69, 9.17) is 4.74 Å². The molecular weight excluding hydrogens is 421 g/mol. The van der Waals surface area contributed by atoms with Crippen molar-refractivity contribution in [1.82, 2.24) is 10.6 Å². The summed E-state index contributed by atoms with van der Waals surface area (Å²) < 4.78 is 5.85. The second-order valence-electron chi connectivity index (χ2n) is 4.96. The minimum atomic E-state index is 0. The summed E-state index contributed by atoms with van der Waals surface area (Å²) in [6, 6.07) is 10.3. The van der Waals surface area contributed by atoms with Gasteiger partial charge in [0.2, 0.25) is 0 Å². The molecule has 2 N–H and O–H groups in total. The van der Waals surface area contributed by atoms with Gasteiger partial charge in [-0.15, -0.1) is 24.0 Å². The van der Waals surface area contributed by atoms with E-state index in [0.29, 0.717) is 0 Å². The van der Waals surface area contributed by atoms with Crippen LogP contribution in [0, 0.1) is 0 Å². The van der Waals surface area contributed by atoms with Gasteiger partial charge >= 0.3 is 0 Å². The molecule has 4 nitrogen and oxygen atoms in total. The molecule has 0 heterocycles. The lowest BCUT2D eigenvalue weighted by Crippen LogP contribution is -2.38. The van der Waals surface area contributed by atoms with Crippen LogP contribution >= 0.6 is 35.7 Å². The highest BCUT2D eigenvalue weighted by atomic mass is 127. The van der Waals surface area contributed by atoms with Crippen LogP contribution in [0.4, 0.5) is 0 Å². The Morgan fingerprint density at radius 1 is 1.26 bits per heavy atom. The lowest BCUT2D eigenvalue weighted by molar-refractivity contribution is 0.0652. The fourth-order valence-corrected chi connectivity index (χ4v) is 2.26. The molecule has 0 bridgehead atoms. The van der Waals surface area contributed by atoms with Gasteiger partial charge in [0.1, 0.15) is 0 Å². The van der Waals surface area contributed by atoms with E-state index in [9.17, 15) is 0 Å². The fourth-order valence-electron chi connectivity index (χ4n) is 1.95. The Morgan fingerprint density at radius 3 is 2.65 bits per heavy atom. The van der Waals surface area contributed by atoms with Crippen molar-refractivity contribution >= 4 is 41.7 Å². The normalized spacial score (nSPS) is 12.4. The van der Waals surface area contributed by atoms with E-state index < -0.39 is 0 Å². The topological polar surface area (TPSA) is 45.7 Å². The second kappa shape index (κ2) is 15.1. The van der Waals surface area contributed by atoms with Crippen LogP contribution in [0.15, 0.2) is 35.3 Å². The summed E-state index contributed by atoms with van der Waals surface area (Å²) in [6.07, 6.45) is 3.17. The van der Waals surface area contributed by atoms with E-state index >= 15 is 0 Å². The van der Waals surface area contributed by atoms with Crippen LogP contribution in [0.3, 0.4) is 0 Å². The van der Waals surface area contributed by atoms with Gasteiger partial charge in [-0.2, -0.15) is 11.8 Å². The highest BCUT2D eigenvalue weighted by molar-refractivity contribution is 14.0. The maximum absolute atomic E-state index is 5.85. The Bertz CT molecular complexity index is 418. The summed E-state index contributed by atoms with van der Waals surface area (Å²) in [5.41, 5.74) is 1.22. The molecule has 0 saturated carbocycles. The van der Waals surface area contributed by atoms with Gasteiger partial charge in [0.05, 0.1) is 6.10 Å². The molecule has 0 aliphatic carbocycles. The van der Waals surface area contributed by atoms with E-state index in [1.165, 1.54) is 5.56 Å². The molecule has 23 heavy (non-hydrogen) atoms. The molecule has 0 radical (unpaired) electrons. The van der Waals surface area contributed by atoms with Crippen molar-refractivity contribution < 1.29 is 4.74 Å². The Hall–Kier alpha value is -0.470. The van der Waals surface area contributed by atoms with Gasteiger partial charge in [-0.05, 0) is 32.1 Å². The smallest absolute Gasteiger partial charge is 0.191 e. The Morgan fingerprint density at radius 2 is 2.00 bits per heavy atom. The third kappa shape index (κ3) is 10.8. The predicted molar refractivity (Wildman–Crippen MR) is 113 cm³/mol. The Kier molecular flexibility index (Phi) is 14.8. The first kappa shape index (κ1) is 22.5. The zero-order chi connectivity index (χ0) is 16.0. The Labute approximate surface area is 162 Å². The van der Waals surface area contributed by atoms with Gasteiger partial charge in [-0.25, -0.2) is 0 Å². The van der Waals surface area contributed by atoms with E-state index in [-0.39, 0.29) is 30.1 Å². The average Bonchev–Trinajstić information content (AvgIpc) is 2.55. The summed E-state index contributed by atoms with van der Waals surface area (Å²) >= 11 is 1.83. The third-order valence-electron chi connectivity index (χ3n) is 3.15. The molecule has 1 atom stereocenters. The minimum Gasteiger partial charge on any atom is -0.374 e. The van der Waals surface area contributed by atoms with Crippen molar-refractivity contribution in [1.29, 1.82) is 0 Å². The number of aliphatic imine (C=N–C) groups is 1. The van der Waals surface area contributed by atoms with Gasteiger partial charge in [0.25, 0.3) is 0 Å². The van der Waals surface area contributed by atoms with E-state index in [1.807, 2.05) is 30.0 Å². The lowest BCUT2D eigenvalue weighted by atomic mass is 10.1. The standard InChI is InChI=1S/C17H29N3OS.HI/c1-4-18-17(20-12-14-22-3)19-11-8-13-21-15(2)16-9-6-5-7-10-16;/h5-7,9-10,15H,4,8,11-14H2,1-3H3,(H2,18,19,20);1H. The van der Waals surface area contributed by atoms with Crippen molar-refractivity contribution in [2.75, 3.05) is 38.2 Å². The van der Waals surface area contributed by atoms with Crippen LogP contribution in [0.2, 0.25) is 0 Å². The zero-order valence-electron chi connectivity index (χ0n) is 14.4. The third-order valence-corrected chi connectivity index (χ3v) is 3.76. The number of rotatable bonds is 10. The van der Waals surface area contributed by atoms with Crippen LogP contribution in [0.5, 0.6) is 0 Å². The van der Waals surface area contributed by atoms with Crippen LogP contribution < -0.4 is 10.6 Å². The minimum absolute atomic E-state index is 0. The van der Waals surface area contributed by atoms with Gasteiger partial charge in [0, 0.05) is 32.0 Å². The van der Waals surface area contributed by atoms with Crippen molar-refractivity contribution in [3.05, 3.63) is 35.9 Å². The first-order valence-electron chi connectivity index (χ1n) is 7.95. The summed E-state index contributed by atoms with van der Waals surface area (Å²) in [5.74, 6) is 1.98. The number of thioether (sulfide) groups is 1. The molecule has 0 aliphatic rings. The number of halogens is 1. The Balaban J connectivity index is 0.00000484. The van der Waals surface area contributed by atoms with Crippen molar-refractivity contribution in [3.8, 4) is 0 Å². The maximum Gasteiger partial charge on any atom is 0.191 e. The molecule has 0 amide bonds. The number of hydrogen-bond donors (Lipinski definition) is 2. The monoisotopic (exact) mass is 451 g/mol. The number of ether oxygens (including phenoxy) is 1. The first-order chi connectivity index (χ1) is 10.8. The fraction of sp³-hybridized carbons (Fsp3) is 0.588. The molecule has 0 aromatic heterocycles. The molecule has 1 unspecified atom stereocenters. The zero-order valence-corrected chi connectivity index (χ0v) is 17.5. The van der Waals surface area contributed by atoms with Crippen LogP contribution in [-0.4, -0.2) is 44.2 Å². The molecular formula is C17H30IN3OS. The quantitative estimate of drug-likeness (QED) is 0.247. The molecule has 6 heteroatoms. The van der Waals surface area contributed by atoms with Crippen LogP contribution in [-0.2, 0) is 4.74 Å². The maximum atomic E-state index is 5.85. The van der Waals surface area contributed by atoms with Crippen LogP contribution in [0.25, 0.3) is 0 Å². The van der Waals surface area contributed by atoms with E-state index in [1.54, 1.807) is 0 Å². The summed E-state index contributed by atoms with van der Waals surface area (Å²) in [6.45, 7) is 7.49. The number of guanidine groups is 1. The lowest BCUT2D eigenvalue weighted by Gasteiger charge is -2.13. The van der Waals surface area contributed by atoms with Gasteiger partial charge in [-0.1, -0.05) is 30.3 Å². The largest absolute Gasteiger partial charge is 0.374 e. The summed E-state index contributed by atoms with van der Waals surface area (Å²) in [7, 11) is 0. The molecule has 0 spiro atoms. The first-order valence-corrected chi connectivity index (χ1v) is 9.35. The predicted octanol–water partition coefficient (Wildman–Crippen LogP) is 3.69. The summed E-state index contributed by atoms with van der Waals surface area (Å²) in [4.78, 5) is 4.56. The molecule has 1 aromatic rings. The SMILES string of the molecule is CCNC(=NCCCOC(C)c1ccccc1)NCCSC.I. The van der Waals surface area contributed by atoms with Crippen molar-refractivity contribution in [3.63, 3.8) is 0 Å². The summed E-state index contributed by atoms with van der Waals surface area (Å²) in [5, 5.41) is 6.58. The number of benzene rings is 1. The van der Waals surface area contributed by atoms with E-state index in [2.05, 4.69) is 47.9 Å². The molecule has 0 fully saturated rings. The highest BCUT2D eigenvalue weighted by Crippen LogP contribution is 2.15. The van der Waals surface area contributed by atoms with Gasteiger partial charge in [0.15, 0.2) is 5.96 Å². The average molecular weight is 451 g/mol. The second-order valence-corrected chi connectivity index (χ2v) is 5.94. The molecule has 1 aromatic carbocycles.